The van der Waals surface area contributed by atoms with Crippen molar-refractivity contribution in [3.63, 3.8) is 0 Å². The third-order valence-corrected chi connectivity index (χ3v) is 5.92. The van der Waals surface area contributed by atoms with Crippen molar-refractivity contribution in [3.8, 4) is 11.5 Å². The van der Waals surface area contributed by atoms with E-state index in [-0.39, 0.29) is 5.92 Å². The Morgan fingerprint density at radius 2 is 2.04 bits per heavy atom. The molecule has 0 saturated carbocycles. The molecule has 0 unspecified atom stereocenters. The standard InChI is InChI=1S/C14H20N6O2S/c1-19(2)23(21,22)20-8-3-11(10-20)9-12-13(16-5-4-15-12)14-17-6-7-18-14/h4-7,11H,3,8-10H2,1-2H3,(H,17,18)/t11-/m1/s1. The third kappa shape index (κ3) is 3.26. The van der Waals surface area contributed by atoms with Crippen LogP contribution in [0, 0.1) is 5.92 Å². The Morgan fingerprint density at radius 3 is 2.74 bits per heavy atom. The summed E-state index contributed by atoms with van der Waals surface area (Å²) < 4.78 is 27.2. The van der Waals surface area contributed by atoms with Crippen molar-refractivity contribution in [3.05, 3.63) is 30.5 Å². The van der Waals surface area contributed by atoms with Crippen LogP contribution in [0.15, 0.2) is 24.8 Å². The Balaban J connectivity index is 1.75. The molecule has 0 spiro atoms. The van der Waals surface area contributed by atoms with Gasteiger partial charge in [-0.05, 0) is 18.8 Å². The largest absolute Gasteiger partial charge is 0.343 e. The molecule has 23 heavy (non-hydrogen) atoms. The molecular weight excluding hydrogens is 316 g/mol. The van der Waals surface area contributed by atoms with E-state index in [1.165, 1.54) is 8.61 Å². The van der Waals surface area contributed by atoms with Crippen LogP contribution < -0.4 is 0 Å². The maximum atomic E-state index is 12.2. The molecule has 1 fully saturated rings. The summed E-state index contributed by atoms with van der Waals surface area (Å²) in [7, 11) is -0.231. The quantitative estimate of drug-likeness (QED) is 0.860. The predicted molar refractivity (Wildman–Crippen MR) is 85.6 cm³/mol. The first-order chi connectivity index (χ1) is 11.0. The van der Waals surface area contributed by atoms with Gasteiger partial charge in [0.05, 0.1) is 5.69 Å². The van der Waals surface area contributed by atoms with Crippen LogP contribution in [0.2, 0.25) is 0 Å². The molecule has 0 radical (unpaired) electrons. The fraction of sp³-hybridized carbons (Fsp3) is 0.500. The van der Waals surface area contributed by atoms with Gasteiger partial charge >= 0.3 is 0 Å². The highest BCUT2D eigenvalue weighted by Crippen LogP contribution is 2.26. The lowest BCUT2D eigenvalue weighted by atomic mass is 10.0. The summed E-state index contributed by atoms with van der Waals surface area (Å²) in [5.41, 5.74) is 1.57. The highest BCUT2D eigenvalue weighted by atomic mass is 32.2. The second kappa shape index (κ2) is 6.34. The van der Waals surface area contributed by atoms with Crippen LogP contribution in [-0.2, 0) is 16.6 Å². The van der Waals surface area contributed by atoms with Gasteiger partial charge in [-0.3, -0.25) is 4.98 Å². The van der Waals surface area contributed by atoms with E-state index in [4.69, 9.17) is 0 Å². The molecule has 1 saturated heterocycles. The van der Waals surface area contributed by atoms with Crippen molar-refractivity contribution in [1.29, 1.82) is 0 Å². The lowest BCUT2D eigenvalue weighted by Crippen LogP contribution is -2.38. The summed E-state index contributed by atoms with van der Waals surface area (Å²) in [6.45, 7) is 1.05. The average Bonchev–Trinajstić information content (AvgIpc) is 3.19. The zero-order valence-electron chi connectivity index (χ0n) is 13.2. The number of nitrogens with zero attached hydrogens (tertiary/aromatic N) is 5. The van der Waals surface area contributed by atoms with Gasteiger partial charge in [0, 0.05) is 52.0 Å². The second-order valence-corrected chi connectivity index (χ2v) is 7.94. The lowest BCUT2D eigenvalue weighted by molar-refractivity contribution is 0.409. The Morgan fingerprint density at radius 1 is 1.26 bits per heavy atom. The van der Waals surface area contributed by atoms with Crippen molar-refractivity contribution in [1.82, 2.24) is 28.5 Å². The zero-order chi connectivity index (χ0) is 16.4. The Labute approximate surface area is 135 Å². The number of aromatic nitrogens is 4. The molecule has 3 heterocycles. The van der Waals surface area contributed by atoms with Gasteiger partial charge in [-0.1, -0.05) is 0 Å². The molecule has 1 N–H and O–H groups in total. The Hall–Kier alpha value is -1.84. The normalized spacial score (nSPS) is 19.5. The summed E-state index contributed by atoms with van der Waals surface area (Å²) in [5.74, 6) is 0.916. The first-order valence-corrected chi connectivity index (χ1v) is 8.85. The second-order valence-electron chi connectivity index (χ2n) is 5.80. The van der Waals surface area contributed by atoms with Gasteiger partial charge in [-0.2, -0.15) is 17.0 Å². The van der Waals surface area contributed by atoms with E-state index in [0.717, 1.165) is 17.8 Å². The molecule has 0 amide bonds. The van der Waals surface area contributed by atoms with E-state index >= 15 is 0 Å². The van der Waals surface area contributed by atoms with Crippen LogP contribution in [0.4, 0.5) is 0 Å². The lowest BCUT2D eigenvalue weighted by Gasteiger charge is -2.20. The topological polar surface area (TPSA) is 95.1 Å². The molecule has 0 bridgehead atoms. The minimum Gasteiger partial charge on any atom is -0.343 e. The first kappa shape index (κ1) is 16.0. The fourth-order valence-corrected chi connectivity index (χ4v) is 3.98. The Bertz CT molecular complexity index is 759. The fourth-order valence-electron chi connectivity index (χ4n) is 2.79. The van der Waals surface area contributed by atoms with Crippen molar-refractivity contribution in [2.24, 2.45) is 5.92 Å². The van der Waals surface area contributed by atoms with Crippen LogP contribution in [0.25, 0.3) is 11.5 Å². The van der Waals surface area contributed by atoms with E-state index in [1.807, 2.05) is 0 Å². The molecule has 1 atom stereocenters. The summed E-state index contributed by atoms with van der Waals surface area (Å²) in [4.78, 5) is 16.1. The molecule has 3 rings (SSSR count). The summed E-state index contributed by atoms with van der Waals surface area (Å²) in [5, 5.41) is 0. The van der Waals surface area contributed by atoms with Crippen LogP contribution >= 0.6 is 0 Å². The minimum atomic E-state index is -3.34. The monoisotopic (exact) mass is 336 g/mol. The number of H-pyrrole nitrogens is 1. The summed E-state index contributed by atoms with van der Waals surface area (Å²) >= 11 is 0. The SMILES string of the molecule is CN(C)S(=O)(=O)N1CC[C@H](Cc2nccnc2-c2ncc[nH]2)C1. The van der Waals surface area contributed by atoms with Crippen molar-refractivity contribution in [2.75, 3.05) is 27.2 Å². The smallest absolute Gasteiger partial charge is 0.281 e. The highest BCUT2D eigenvalue weighted by Gasteiger charge is 2.33. The molecule has 0 aliphatic carbocycles. The zero-order valence-corrected chi connectivity index (χ0v) is 14.0. The minimum absolute atomic E-state index is 0.232. The summed E-state index contributed by atoms with van der Waals surface area (Å²) in [6, 6.07) is 0. The van der Waals surface area contributed by atoms with Crippen LogP contribution in [0.3, 0.4) is 0 Å². The van der Waals surface area contributed by atoms with Gasteiger partial charge in [0.15, 0.2) is 5.82 Å². The highest BCUT2D eigenvalue weighted by molar-refractivity contribution is 7.86. The van der Waals surface area contributed by atoms with Crippen molar-refractivity contribution < 1.29 is 8.42 Å². The van der Waals surface area contributed by atoms with Crippen molar-refractivity contribution >= 4 is 10.2 Å². The molecule has 1 aliphatic heterocycles. The van der Waals surface area contributed by atoms with E-state index in [1.54, 1.807) is 38.9 Å². The molecule has 9 heteroatoms. The average molecular weight is 336 g/mol. The van der Waals surface area contributed by atoms with E-state index in [2.05, 4.69) is 19.9 Å². The van der Waals surface area contributed by atoms with E-state index in [9.17, 15) is 8.42 Å². The predicted octanol–water partition coefficient (Wildman–Crippen LogP) is 0.537. The van der Waals surface area contributed by atoms with Gasteiger partial charge in [0.1, 0.15) is 5.69 Å². The van der Waals surface area contributed by atoms with Gasteiger partial charge in [0.2, 0.25) is 0 Å². The molecule has 2 aromatic rings. The van der Waals surface area contributed by atoms with Crippen LogP contribution in [0.1, 0.15) is 12.1 Å². The molecule has 1 aliphatic rings. The van der Waals surface area contributed by atoms with Gasteiger partial charge in [-0.25, -0.2) is 9.97 Å². The van der Waals surface area contributed by atoms with Crippen molar-refractivity contribution in [2.45, 2.75) is 12.8 Å². The molecule has 2 aromatic heterocycles. The van der Waals surface area contributed by atoms with E-state index in [0.29, 0.717) is 25.3 Å². The maximum absolute atomic E-state index is 12.2. The number of nitrogens with one attached hydrogen (secondary N) is 1. The number of aromatic amines is 1. The van der Waals surface area contributed by atoms with Crippen LogP contribution in [-0.4, -0.2) is 64.1 Å². The third-order valence-electron chi connectivity index (χ3n) is 4.01. The van der Waals surface area contributed by atoms with E-state index < -0.39 is 10.2 Å². The number of hydrogen-bond donors (Lipinski definition) is 1. The maximum Gasteiger partial charge on any atom is 0.281 e. The number of rotatable bonds is 5. The Kier molecular flexibility index (Phi) is 4.42. The number of hydrogen-bond acceptors (Lipinski definition) is 5. The molecule has 0 aromatic carbocycles. The van der Waals surface area contributed by atoms with Gasteiger partial charge in [-0.15, -0.1) is 0 Å². The van der Waals surface area contributed by atoms with Gasteiger partial charge in [0.25, 0.3) is 10.2 Å². The molecular formula is C14H20N6O2S. The van der Waals surface area contributed by atoms with Gasteiger partial charge < -0.3 is 4.98 Å². The molecule has 8 nitrogen and oxygen atoms in total. The summed E-state index contributed by atoms with van der Waals surface area (Å²) in [6.07, 6.45) is 8.22. The first-order valence-electron chi connectivity index (χ1n) is 7.45. The molecule has 124 valence electrons. The van der Waals surface area contributed by atoms with Crippen LogP contribution in [0.5, 0.6) is 0 Å². The number of imidazole rings is 1.